The van der Waals surface area contributed by atoms with Gasteiger partial charge in [0.15, 0.2) is 0 Å². The largest absolute Gasteiger partial charge is 0.211 e. The molecule has 1 nitrogen and oxygen atoms in total. The first kappa shape index (κ1) is 7.16. The van der Waals surface area contributed by atoms with Gasteiger partial charge in [-0.1, -0.05) is 0 Å². The zero-order valence-electron chi connectivity index (χ0n) is 5.03. The number of allylic oxidation sites excluding steroid dienone is 2. The van der Waals surface area contributed by atoms with Crippen LogP contribution in [-0.4, -0.2) is 0 Å². The molecule has 0 aromatic carbocycles. The van der Waals surface area contributed by atoms with Crippen molar-refractivity contribution in [3.63, 3.8) is 0 Å². The van der Waals surface area contributed by atoms with Crippen molar-refractivity contribution < 1.29 is 4.39 Å². The Bertz CT molecular complexity index is 137. The maximum absolute atomic E-state index is 12.2. The van der Waals surface area contributed by atoms with Gasteiger partial charge in [-0.2, -0.15) is 5.26 Å². The molecule has 0 fully saturated rings. The zero-order chi connectivity index (χ0) is 6.57. The van der Waals surface area contributed by atoms with Crippen LogP contribution in [0.2, 0.25) is 0 Å². The van der Waals surface area contributed by atoms with E-state index in [4.69, 9.17) is 5.26 Å². The summed E-state index contributed by atoms with van der Waals surface area (Å²) in [5.41, 5.74) is 0.589. The highest BCUT2D eigenvalue weighted by Crippen LogP contribution is 2.07. The van der Waals surface area contributed by atoms with E-state index in [1.54, 1.807) is 19.9 Å². The molecule has 0 aliphatic carbocycles. The minimum Gasteiger partial charge on any atom is -0.211 e. The summed E-state index contributed by atoms with van der Waals surface area (Å²) < 4.78 is 12.2. The van der Waals surface area contributed by atoms with E-state index < -0.39 is 0 Å². The molecule has 0 aromatic heterocycles. The third-order valence-corrected chi connectivity index (χ3v) is 0.777. The van der Waals surface area contributed by atoms with Crippen molar-refractivity contribution >= 4 is 0 Å². The van der Waals surface area contributed by atoms with Crippen molar-refractivity contribution in [3.8, 4) is 6.07 Å². The molecular formula is C6H8FN. The van der Waals surface area contributed by atoms with Gasteiger partial charge in [0.05, 0.1) is 12.5 Å². The summed E-state index contributed by atoms with van der Waals surface area (Å²) in [7, 11) is 0. The molecule has 0 saturated carbocycles. The minimum absolute atomic E-state index is 0.0949. The lowest BCUT2D eigenvalue weighted by Gasteiger charge is -1.88. The Morgan fingerprint density at radius 1 is 1.62 bits per heavy atom. The van der Waals surface area contributed by atoms with Gasteiger partial charge in [-0.25, -0.2) is 4.39 Å². The summed E-state index contributed by atoms with van der Waals surface area (Å²) in [4.78, 5) is 0. The van der Waals surface area contributed by atoms with Crippen LogP contribution in [0.5, 0.6) is 0 Å². The van der Waals surface area contributed by atoms with Crippen LogP contribution in [0.1, 0.15) is 20.3 Å². The van der Waals surface area contributed by atoms with Crippen molar-refractivity contribution in [2.75, 3.05) is 0 Å². The molecule has 2 heteroatoms. The normalized spacial score (nSPS) is 7.75. The lowest BCUT2D eigenvalue weighted by Crippen LogP contribution is -1.73. The Morgan fingerprint density at radius 2 is 2.12 bits per heavy atom. The van der Waals surface area contributed by atoms with Crippen molar-refractivity contribution in [2.24, 2.45) is 0 Å². The van der Waals surface area contributed by atoms with Crippen LogP contribution in [0.4, 0.5) is 4.39 Å². The van der Waals surface area contributed by atoms with Crippen LogP contribution in [0.15, 0.2) is 11.4 Å². The van der Waals surface area contributed by atoms with Crippen LogP contribution in [0.3, 0.4) is 0 Å². The highest BCUT2D eigenvalue weighted by molar-refractivity contribution is 5.05. The van der Waals surface area contributed by atoms with E-state index in [1.165, 1.54) is 0 Å². The molecule has 0 bridgehead atoms. The van der Waals surface area contributed by atoms with Crippen LogP contribution in [0, 0.1) is 11.3 Å². The molecule has 8 heavy (non-hydrogen) atoms. The van der Waals surface area contributed by atoms with Gasteiger partial charge in [0.2, 0.25) is 0 Å². The third kappa shape index (κ3) is 2.35. The molecule has 0 aliphatic heterocycles. The quantitative estimate of drug-likeness (QED) is 0.511. The Morgan fingerprint density at radius 3 is 2.25 bits per heavy atom. The van der Waals surface area contributed by atoms with E-state index in [1.807, 2.05) is 0 Å². The van der Waals surface area contributed by atoms with E-state index in [0.29, 0.717) is 5.57 Å². The lowest BCUT2D eigenvalue weighted by molar-refractivity contribution is 0.607. The fraction of sp³-hybridized carbons (Fsp3) is 0.500. The molecule has 0 radical (unpaired) electrons. The molecule has 0 atom stereocenters. The maximum Gasteiger partial charge on any atom is 0.113 e. The molecule has 0 rings (SSSR count). The molecule has 0 saturated heterocycles. The van der Waals surface area contributed by atoms with Crippen LogP contribution >= 0.6 is 0 Å². The first-order valence-electron chi connectivity index (χ1n) is 2.37. The van der Waals surface area contributed by atoms with Gasteiger partial charge in [-0.05, 0) is 19.4 Å². The van der Waals surface area contributed by atoms with Crippen molar-refractivity contribution in [3.05, 3.63) is 11.4 Å². The zero-order valence-corrected chi connectivity index (χ0v) is 5.03. The van der Waals surface area contributed by atoms with E-state index >= 15 is 0 Å². The number of hydrogen-bond acceptors (Lipinski definition) is 1. The smallest absolute Gasteiger partial charge is 0.113 e. The summed E-state index contributed by atoms with van der Waals surface area (Å²) in [6.45, 7) is 3.29. The number of hydrogen-bond donors (Lipinski definition) is 0. The second-order valence-corrected chi connectivity index (χ2v) is 1.74. The van der Waals surface area contributed by atoms with Gasteiger partial charge < -0.3 is 0 Å². The average Bonchev–Trinajstić information content (AvgIpc) is 1.67. The highest BCUT2D eigenvalue weighted by atomic mass is 19.1. The number of halogens is 1. The molecule has 0 aromatic rings. The van der Waals surface area contributed by atoms with Crippen molar-refractivity contribution in [1.29, 1.82) is 5.26 Å². The van der Waals surface area contributed by atoms with Gasteiger partial charge in [-0.3, -0.25) is 0 Å². The van der Waals surface area contributed by atoms with E-state index in [-0.39, 0.29) is 12.2 Å². The monoisotopic (exact) mass is 113 g/mol. The van der Waals surface area contributed by atoms with E-state index in [2.05, 4.69) is 0 Å². The van der Waals surface area contributed by atoms with Crippen LogP contribution < -0.4 is 0 Å². The van der Waals surface area contributed by atoms with Crippen molar-refractivity contribution in [2.45, 2.75) is 20.3 Å². The molecule has 0 unspecified atom stereocenters. The SMILES string of the molecule is CC(C)=C(F)CC#N. The fourth-order valence-corrected chi connectivity index (χ4v) is 0.246. The van der Waals surface area contributed by atoms with Crippen LogP contribution in [0.25, 0.3) is 0 Å². The predicted octanol–water partition coefficient (Wildman–Crippen LogP) is 2.16. The van der Waals surface area contributed by atoms with Gasteiger partial charge >= 0.3 is 0 Å². The molecule has 44 valence electrons. The maximum atomic E-state index is 12.2. The minimum atomic E-state index is -0.312. The molecular weight excluding hydrogens is 105 g/mol. The summed E-state index contributed by atoms with van der Waals surface area (Å²) in [6.07, 6.45) is -0.0949. The molecule has 0 heterocycles. The summed E-state index contributed by atoms with van der Waals surface area (Å²) in [5, 5.41) is 7.96. The van der Waals surface area contributed by atoms with Gasteiger partial charge in [0, 0.05) is 0 Å². The summed E-state index contributed by atoms with van der Waals surface area (Å²) >= 11 is 0. The second kappa shape index (κ2) is 3.20. The first-order chi connectivity index (χ1) is 3.68. The van der Waals surface area contributed by atoms with Crippen LogP contribution in [-0.2, 0) is 0 Å². The number of nitrogens with zero attached hydrogens (tertiary/aromatic N) is 1. The number of rotatable bonds is 1. The predicted molar refractivity (Wildman–Crippen MR) is 29.7 cm³/mol. The van der Waals surface area contributed by atoms with Gasteiger partial charge in [0.1, 0.15) is 5.83 Å². The fourth-order valence-electron chi connectivity index (χ4n) is 0.246. The van der Waals surface area contributed by atoms with Gasteiger partial charge in [-0.15, -0.1) is 0 Å². The third-order valence-electron chi connectivity index (χ3n) is 0.777. The first-order valence-corrected chi connectivity index (χ1v) is 2.37. The van der Waals surface area contributed by atoms with E-state index in [9.17, 15) is 4.39 Å². The molecule has 0 aliphatic rings. The van der Waals surface area contributed by atoms with Gasteiger partial charge in [0.25, 0.3) is 0 Å². The molecule has 0 N–H and O–H groups in total. The Hall–Kier alpha value is -0.840. The lowest BCUT2D eigenvalue weighted by atomic mass is 10.2. The summed E-state index contributed by atoms with van der Waals surface area (Å²) in [6, 6.07) is 1.72. The average molecular weight is 113 g/mol. The molecule has 0 spiro atoms. The van der Waals surface area contributed by atoms with E-state index in [0.717, 1.165) is 0 Å². The summed E-state index contributed by atoms with van der Waals surface area (Å²) in [5.74, 6) is -0.312. The Kier molecular flexibility index (Phi) is 2.86. The standard InChI is InChI=1S/C6H8FN/c1-5(2)6(7)3-4-8/h3H2,1-2H3. The molecule has 0 amide bonds. The van der Waals surface area contributed by atoms with Crippen molar-refractivity contribution in [1.82, 2.24) is 0 Å². The Balaban J connectivity index is 3.85. The second-order valence-electron chi connectivity index (χ2n) is 1.74. The Labute approximate surface area is 48.4 Å². The number of nitriles is 1. The topological polar surface area (TPSA) is 23.8 Å². The highest BCUT2D eigenvalue weighted by Gasteiger charge is 1.92.